The number of halogens is 1. The number of hydrogen-bond acceptors (Lipinski definition) is 8. The van der Waals surface area contributed by atoms with Gasteiger partial charge in [0.2, 0.25) is 11.8 Å². The molecule has 3 aromatic carbocycles. The molecule has 2 fully saturated rings. The summed E-state index contributed by atoms with van der Waals surface area (Å²) in [6, 6.07) is 20.2. The van der Waals surface area contributed by atoms with E-state index in [1.165, 1.54) is 47.6 Å². The van der Waals surface area contributed by atoms with Crippen molar-refractivity contribution in [3.05, 3.63) is 100 Å². The molecule has 3 unspecified atom stereocenters. The smallest absolute Gasteiger partial charge is 0.305 e. The van der Waals surface area contributed by atoms with Crippen molar-refractivity contribution in [1.82, 2.24) is 15.4 Å². The number of primary amides is 1. The third-order valence-electron chi connectivity index (χ3n) is 8.34. The van der Waals surface area contributed by atoms with Gasteiger partial charge in [0.15, 0.2) is 5.75 Å². The number of ether oxygens (including phenoxy) is 1. The second-order valence-corrected chi connectivity index (χ2v) is 13.2. The molecule has 3 amide bonds. The Morgan fingerprint density at radius 1 is 1.06 bits per heavy atom. The van der Waals surface area contributed by atoms with Gasteiger partial charge in [0, 0.05) is 18.2 Å². The van der Waals surface area contributed by atoms with Crippen molar-refractivity contribution in [1.29, 1.82) is 0 Å². The molecule has 5 N–H and O–H groups in total. The number of rotatable bonds is 13. The number of fused-ring (bicyclic) bond motifs is 1. The van der Waals surface area contributed by atoms with Crippen LogP contribution >= 0.6 is 11.3 Å². The minimum Gasteiger partial charge on any atom is -0.497 e. The number of carbonyl (C=O) groups is 3. The normalized spacial score (nSPS) is 17.5. The lowest BCUT2D eigenvalue weighted by Crippen LogP contribution is -2.45. The van der Waals surface area contributed by atoms with Crippen molar-refractivity contribution in [3.63, 3.8) is 0 Å². The van der Waals surface area contributed by atoms with Gasteiger partial charge in [-0.15, -0.1) is 0 Å². The Kier molecular flexibility index (Phi) is 15.1. The quantitative estimate of drug-likeness (QED) is 0.0731. The predicted molar refractivity (Wildman–Crippen MR) is 198 cm³/mol. The molecule has 1 saturated heterocycles. The molecular weight excluding hydrogens is 674 g/mol. The van der Waals surface area contributed by atoms with Gasteiger partial charge < -0.3 is 30.5 Å². The van der Waals surface area contributed by atoms with E-state index in [2.05, 4.69) is 34.9 Å². The van der Waals surface area contributed by atoms with Crippen molar-refractivity contribution in [2.24, 2.45) is 17.6 Å². The fraction of sp³-hybridized carbons (Fsp3) is 0.368. The fourth-order valence-corrected chi connectivity index (χ4v) is 6.24. The first-order valence-corrected chi connectivity index (χ1v) is 17.9. The molecule has 1 aromatic heterocycles. The number of H-pyrrole nitrogens is 1. The molecule has 0 spiro atoms. The van der Waals surface area contributed by atoms with E-state index in [4.69, 9.17) is 15.3 Å². The number of hydrogen-bond donors (Lipinski definition) is 4. The van der Waals surface area contributed by atoms with Gasteiger partial charge in [-0.3, -0.25) is 19.2 Å². The van der Waals surface area contributed by atoms with Crippen LogP contribution in [-0.2, 0) is 14.4 Å². The van der Waals surface area contributed by atoms with E-state index in [0.29, 0.717) is 30.3 Å². The molecule has 272 valence electrons. The monoisotopic (exact) mass is 719 g/mol. The molecule has 1 saturated carbocycles. The minimum absolute atomic E-state index is 0.0166. The first kappa shape index (κ1) is 38.6. The lowest BCUT2D eigenvalue weighted by atomic mass is 10.2. The predicted octanol–water partition coefficient (Wildman–Crippen LogP) is 6.18. The number of carbonyl (C=O) groups excluding carboxylic acids is 3. The van der Waals surface area contributed by atoms with Crippen molar-refractivity contribution in [3.8, 4) is 11.5 Å². The van der Waals surface area contributed by atoms with Gasteiger partial charge in [-0.2, -0.15) is 5.48 Å². The van der Waals surface area contributed by atoms with Gasteiger partial charge in [0.1, 0.15) is 17.6 Å². The zero-order valence-corrected chi connectivity index (χ0v) is 29.8. The highest BCUT2D eigenvalue weighted by atomic mass is 32.1. The zero-order chi connectivity index (χ0) is 36.6. The first-order chi connectivity index (χ1) is 24.7. The fourth-order valence-electron chi connectivity index (χ4n) is 5.48. The summed E-state index contributed by atoms with van der Waals surface area (Å²) >= 11 is 1.19. The average molecular weight is 720 g/mol. The minimum atomic E-state index is -0.512. The Hall–Kier alpha value is -5.17. The molecule has 1 aliphatic carbocycles. The SMILES string of the molecule is CCCCC/C=C\C1CC1C(=O)NOc1ccccc1.COc1ccc2[nH]c(=O)sc2c1.NC(=O)C1CCCN1C(=O)CNc1cccc(F)c1. The number of methoxy groups -OCH3 is 1. The number of anilines is 1. The van der Waals surface area contributed by atoms with Crippen molar-refractivity contribution >= 4 is 45.0 Å². The van der Waals surface area contributed by atoms with Gasteiger partial charge >= 0.3 is 4.87 Å². The lowest BCUT2D eigenvalue weighted by molar-refractivity contribution is -0.135. The summed E-state index contributed by atoms with van der Waals surface area (Å²) in [5.74, 6) is 0.857. The summed E-state index contributed by atoms with van der Waals surface area (Å²) in [4.78, 5) is 55.4. The second-order valence-electron chi connectivity index (χ2n) is 12.2. The number of benzene rings is 3. The molecule has 6 rings (SSSR count). The molecule has 11 nitrogen and oxygen atoms in total. The number of allylic oxidation sites excluding steroid dienone is 2. The van der Waals surface area contributed by atoms with Crippen LogP contribution in [0.5, 0.6) is 11.5 Å². The summed E-state index contributed by atoms with van der Waals surface area (Å²) in [7, 11) is 1.61. The van der Waals surface area contributed by atoms with E-state index in [9.17, 15) is 23.6 Å². The standard InChI is InChI=1S/C17H23NO2.C13H16FN3O2.C8H7NO2S/c1-2-3-4-5-7-10-14-13-16(14)17(19)18-20-15-11-8-6-9-12-15;14-9-3-1-4-10(7-9)16-8-12(18)17-6-2-5-11(17)13(15)19;1-11-5-2-3-6-7(4-5)12-8(10)9-6/h6-12,14,16H,2-5,13H2,1H3,(H,18,19);1,3-4,7,11,16H,2,5-6,8H2,(H2,15,19);2-4H,1H3,(H,9,10)/b10-7-;;. The number of likely N-dealkylation sites (tertiary alicyclic amines) is 1. The number of nitrogens with two attached hydrogens (primary N) is 1. The molecule has 2 heterocycles. The average Bonchev–Trinajstić information content (AvgIpc) is 3.54. The topological polar surface area (TPSA) is 156 Å². The summed E-state index contributed by atoms with van der Waals surface area (Å²) in [6.45, 7) is 2.77. The Morgan fingerprint density at radius 3 is 2.59 bits per heavy atom. The number of para-hydroxylation sites is 1. The molecule has 0 radical (unpaired) electrons. The molecule has 51 heavy (non-hydrogen) atoms. The van der Waals surface area contributed by atoms with Crippen LogP contribution in [0.3, 0.4) is 0 Å². The highest BCUT2D eigenvalue weighted by Crippen LogP contribution is 2.40. The number of nitrogens with one attached hydrogen (secondary N) is 3. The highest BCUT2D eigenvalue weighted by Gasteiger charge is 2.41. The molecule has 2 aliphatic rings. The number of hydroxylamine groups is 1. The van der Waals surface area contributed by atoms with Crippen LogP contribution in [0.4, 0.5) is 10.1 Å². The summed E-state index contributed by atoms with van der Waals surface area (Å²) in [5.41, 5.74) is 9.18. The van der Waals surface area contributed by atoms with Crippen LogP contribution in [0.1, 0.15) is 51.9 Å². The number of aromatic nitrogens is 1. The highest BCUT2D eigenvalue weighted by molar-refractivity contribution is 7.16. The van der Waals surface area contributed by atoms with Crippen LogP contribution in [0.2, 0.25) is 0 Å². The van der Waals surface area contributed by atoms with E-state index in [1.807, 2.05) is 48.5 Å². The van der Waals surface area contributed by atoms with Gasteiger partial charge in [0.05, 0.1) is 23.9 Å². The van der Waals surface area contributed by atoms with Crippen LogP contribution < -0.4 is 31.0 Å². The van der Waals surface area contributed by atoms with Crippen molar-refractivity contribution < 1.29 is 28.3 Å². The maximum atomic E-state index is 13.0. The summed E-state index contributed by atoms with van der Waals surface area (Å²) < 4.78 is 18.9. The molecule has 3 atom stereocenters. The molecule has 4 aromatic rings. The van der Waals surface area contributed by atoms with E-state index in [-0.39, 0.29) is 35.0 Å². The largest absolute Gasteiger partial charge is 0.497 e. The Balaban J connectivity index is 0.000000177. The number of aromatic amines is 1. The molecule has 13 heteroatoms. The van der Waals surface area contributed by atoms with Gasteiger partial charge in [0.25, 0.3) is 5.91 Å². The third-order valence-corrected chi connectivity index (χ3v) is 9.19. The second kappa shape index (κ2) is 19.9. The zero-order valence-electron chi connectivity index (χ0n) is 28.9. The summed E-state index contributed by atoms with van der Waals surface area (Å²) in [6.07, 6.45) is 11.6. The number of unbranched alkanes of at least 4 members (excludes halogenated alkanes) is 3. The Labute approximate surface area is 301 Å². The number of nitrogens with zero attached hydrogens (tertiary/aromatic N) is 1. The van der Waals surface area contributed by atoms with Crippen LogP contribution in [-0.4, -0.2) is 53.8 Å². The third kappa shape index (κ3) is 12.6. The maximum Gasteiger partial charge on any atom is 0.305 e. The number of amides is 3. The summed E-state index contributed by atoms with van der Waals surface area (Å²) in [5, 5.41) is 2.84. The van der Waals surface area contributed by atoms with Gasteiger partial charge in [-0.25, -0.2) is 4.39 Å². The first-order valence-electron chi connectivity index (χ1n) is 17.1. The molecular formula is C38H46FN5O6S. The van der Waals surface area contributed by atoms with E-state index in [0.717, 1.165) is 35.2 Å². The Morgan fingerprint density at radius 2 is 1.86 bits per heavy atom. The Bertz CT molecular complexity index is 1810. The van der Waals surface area contributed by atoms with Crippen molar-refractivity contribution in [2.75, 3.05) is 25.5 Å². The van der Waals surface area contributed by atoms with Crippen LogP contribution in [0.15, 0.2) is 89.7 Å². The van der Waals surface area contributed by atoms with Crippen molar-refractivity contribution in [2.45, 2.75) is 57.9 Å². The van der Waals surface area contributed by atoms with Gasteiger partial charge in [-0.05, 0) is 86.6 Å². The maximum absolute atomic E-state index is 13.0. The lowest BCUT2D eigenvalue weighted by Gasteiger charge is -2.22. The van der Waals surface area contributed by atoms with Crippen LogP contribution in [0.25, 0.3) is 10.2 Å². The molecule has 1 aliphatic heterocycles. The van der Waals surface area contributed by atoms with E-state index < -0.39 is 11.9 Å². The van der Waals surface area contributed by atoms with E-state index in [1.54, 1.807) is 19.2 Å². The number of thiazole rings is 1. The van der Waals surface area contributed by atoms with E-state index >= 15 is 0 Å². The van der Waals surface area contributed by atoms with Gasteiger partial charge in [-0.1, -0.05) is 67.5 Å². The molecule has 0 bridgehead atoms. The van der Waals surface area contributed by atoms with Crippen LogP contribution in [0, 0.1) is 17.7 Å².